The summed E-state index contributed by atoms with van der Waals surface area (Å²) >= 11 is -2.55. The van der Waals surface area contributed by atoms with Gasteiger partial charge in [0.2, 0.25) is 5.43 Å². The van der Waals surface area contributed by atoms with E-state index in [0.29, 0.717) is 5.58 Å². The normalized spacial score (nSPS) is 12.9. The minimum atomic E-state index is -2.55. The highest BCUT2D eigenvalue weighted by atomic mass is 32.2. The molecular weight excluding hydrogens is 204 g/mol. The van der Waals surface area contributed by atoms with E-state index >= 15 is 0 Å². The topological polar surface area (TPSA) is 70.3 Å². The van der Waals surface area contributed by atoms with Gasteiger partial charge in [0, 0.05) is 0 Å². The Bertz CT molecular complexity index is 558. The molecule has 0 aliphatic carbocycles. The molecule has 1 heterocycles. The first kappa shape index (κ1) is 9.11. The Morgan fingerprint density at radius 1 is 1.29 bits per heavy atom. The van der Waals surface area contributed by atoms with E-state index in [-0.39, 0.29) is 10.3 Å². The minimum absolute atomic E-state index is 0.272. The Balaban J connectivity index is 2.89. The molecule has 1 aromatic heterocycles. The second-order valence-corrected chi connectivity index (χ2v) is 3.57. The number of fused-ring (bicyclic) bond motifs is 1. The molecule has 2 rings (SSSR count). The van der Waals surface area contributed by atoms with Crippen molar-refractivity contribution >= 4 is 22.0 Å². The highest BCUT2D eigenvalue weighted by Gasteiger charge is 2.05. The molecular formula is C9H5O4S-. The maximum Gasteiger partial charge on any atom is 0.207 e. The maximum absolute atomic E-state index is 11.5. The van der Waals surface area contributed by atoms with Crippen LogP contribution in [0.4, 0.5) is 0 Å². The third kappa shape index (κ3) is 1.36. The van der Waals surface area contributed by atoms with Crippen molar-refractivity contribution < 1.29 is 13.2 Å². The molecule has 0 saturated carbocycles. The van der Waals surface area contributed by atoms with Gasteiger partial charge in [0.15, 0.2) is 0 Å². The Morgan fingerprint density at radius 3 is 2.71 bits per heavy atom. The monoisotopic (exact) mass is 209 g/mol. The van der Waals surface area contributed by atoms with Crippen LogP contribution in [0.25, 0.3) is 11.0 Å². The van der Waals surface area contributed by atoms with Crippen LogP contribution >= 0.6 is 0 Å². The van der Waals surface area contributed by atoms with Crippen molar-refractivity contribution in [2.45, 2.75) is 4.90 Å². The Kier molecular flexibility index (Phi) is 2.18. The van der Waals surface area contributed by atoms with Gasteiger partial charge in [-0.25, -0.2) is 0 Å². The quantitative estimate of drug-likeness (QED) is 0.658. The molecule has 1 unspecified atom stereocenters. The smallest absolute Gasteiger partial charge is 0.207 e. The molecule has 2 aromatic rings. The zero-order valence-corrected chi connectivity index (χ0v) is 7.74. The largest absolute Gasteiger partial charge is 0.768 e. The molecule has 0 amide bonds. The molecule has 4 nitrogen and oxygen atoms in total. The number of benzene rings is 1. The Labute approximate surface area is 81.5 Å². The maximum atomic E-state index is 11.5. The fourth-order valence-corrected chi connectivity index (χ4v) is 1.56. The summed E-state index contributed by atoms with van der Waals surface area (Å²) in [5, 5.41) is 0.272. The zero-order valence-electron chi connectivity index (χ0n) is 6.93. The summed E-state index contributed by atoms with van der Waals surface area (Å²) in [5.74, 6) is 0. The van der Waals surface area contributed by atoms with E-state index < -0.39 is 16.5 Å². The number of rotatable bonds is 1. The van der Waals surface area contributed by atoms with Crippen LogP contribution in [0.3, 0.4) is 0 Å². The highest BCUT2D eigenvalue weighted by molar-refractivity contribution is 7.79. The van der Waals surface area contributed by atoms with Gasteiger partial charge in [-0.05, 0) is 23.2 Å². The Morgan fingerprint density at radius 2 is 2.00 bits per heavy atom. The highest BCUT2D eigenvalue weighted by Crippen LogP contribution is 2.11. The van der Waals surface area contributed by atoms with Crippen molar-refractivity contribution in [3.63, 3.8) is 0 Å². The van der Waals surface area contributed by atoms with Crippen LogP contribution in [0.2, 0.25) is 0 Å². The predicted molar refractivity (Wildman–Crippen MR) is 49.7 cm³/mol. The minimum Gasteiger partial charge on any atom is -0.768 e. The molecule has 0 radical (unpaired) electrons. The van der Waals surface area contributed by atoms with E-state index in [9.17, 15) is 13.6 Å². The number of para-hydroxylation sites is 1. The fraction of sp³-hybridized carbons (Fsp3) is 0. The number of hydrogen-bond donors (Lipinski definition) is 0. The molecule has 0 bridgehead atoms. The second-order valence-electron chi connectivity index (χ2n) is 2.66. The SMILES string of the molecule is O=c1c(S(=O)[O-])coc2ccccc12. The lowest BCUT2D eigenvalue weighted by atomic mass is 10.2. The van der Waals surface area contributed by atoms with Crippen LogP contribution in [0, 0.1) is 0 Å². The van der Waals surface area contributed by atoms with E-state index in [1.807, 2.05) is 0 Å². The van der Waals surface area contributed by atoms with Gasteiger partial charge in [-0.15, -0.1) is 0 Å². The van der Waals surface area contributed by atoms with Crippen molar-refractivity contribution in [2.24, 2.45) is 0 Å². The first-order valence-corrected chi connectivity index (χ1v) is 4.87. The molecule has 14 heavy (non-hydrogen) atoms. The van der Waals surface area contributed by atoms with Gasteiger partial charge in [0.05, 0.1) is 5.39 Å². The third-order valence-corrected chi connectivity index (χ3v) is 2.47. The average molecular weight is 209 g/mol. The van der Waals surface area contributed by atoms with Gasteiger partial charge < -0.3 is 8.97 Å². The van der Waals surface area contributed by atoms with Crippen molar-refractivity contribution in [2.75, 3.05) is 0 Å². The summed E-state index contributed by atoms with van der Waals surface area (Å²) in [4.78, 5) is 11.2. The van der Waals surface area contributed by atoms with Crippen molar-refractivity contribution in [3.05, 3.63) is 40.8 Å². The van der Waals surface area contributed by atoms with Crippen LogP contribution in [0.1, 0.15) is 0 Å². The van der Waals surface area contributed by atoms with Crippen LogP contribution in [-0.4, -0.2) is 8.76 Å². The molecule has 5 heteroatoms. The van der Waals surface area contributed by atoms with E-state index in [2.05, 4.69) is 0 Å². The van der Waals surface area contributed by atoms with Crippen LogP contribution in [-0.2, 0) is 11.1 Å². The van der Waals surface area contributed by atoms with Crippen LogP contribution in [0.15, 0.2) is 44.6 Å². The standard InChI is InChI=1S/C9H6O4S/c10-9-6-3-1-2-4-7(6)13-5-8(9)14(11)12/h1-5H,(H,11,12)/p-1. The van der Waals surface area contributed by atoms with Gasteiger partial charge >= 0.3 is 0 Å². The lowest BCUT2D eigenvalue weighted by Crippen LogP contribution is -2.09. The van der Waals surface area contributed by atoms with Crippen molar-refractivity contribution in [1.29, 1.82) is 0 Å². The van der Waals surface area contributed by atoms with Gasteiger partial charge in [-0.2, -0.15) is 0 Å². The molecule has 0 N–H and O–H groups in total. The van der Waals surface area contributed by atoms with E-state index in [0.717, 1.165) is 6.26 Å². The zero-order chi connectivity index (χ0) is 10.1. The summed E-state index contributed by atoms with van der Waals surface area (Å²) in [6.07, 6.45) is 0.952. The molecule has 0 aliphatic rings. The third-order valence-electron chi connectivity index (χ3n) is 1.83. The van der Waals surface area contributed by atoms with Crippen LogP contribution < -0.4 is 5.43 Å². The Hall–Kier alpha value is -1.46. The molecule has 1 aromatic carbocycles. The van der Waals surface area contributed by atoms with Gasteiger partial charge in [0.25, 0.3) is 0 Å². The molecule has 0 aliphatic heterocycles. The summed E-state index contributed by atoms with van der Waals surface area (Å²) in [6, 6.07) is 6.49. The lowest BCUT2D eigenvalue weighted by molar-refractivity contribution is 0.526. The first-order chi connectivity index (χ1) is 6.70. The van der Waals surface area contributed by atoms with E-state index in [1.165, 1.54) is 6.07 Å². The van der Waals surface area contributed by atoms with Gasteiger partial charge in [-0.1, -0.05) is 12.1 Å². The average Bonchev–Trinajstić information content (AvgIpc) is 2.18. The van der Waals surface area contributed by atoms with E-state index in [1.54, 1.807) is 18.2 Å². The van der Waals surface area contributed by atoms with Crippen molar-refractivity contribution in [1.82, 2.24) is 0 Å². The van der Waals surface area contributed by atoms with Gasteiger partial charge in [0.1, 0.15) is 16.7 Å². The lowest BCUT2D eigenvalue weighted by Gasteiger charge is -2.03. The molecule has 0 fully saturated rings. The predicted octanol–water partition coefficient (Wildman–Crippen LogP) is 1.03. The van der Waals surface area contributed by atoms with Crippen LogP contribution in [0.5, 0.6) is 0 Å². The summed E-state index contributed by atoms with van der Waals surface area (Å²) in [5.41, 5.74) is -0.146. The first-order valence-electron chi connectivity index (χ1n) is 3.80. The fourth-order valence-electron chi connectivity index (χ4n) is 1.18. The van der Waals surface area contributed by atoms with E-state index in [4.69, 9.17) is 4.42 Å². The molecule has 0 saturated heterocycles. The molecule has 0 spiro atoms. The number of hydrogen-bond acceptors (Lipinski definition) is 4. The summed E-state index contributed by atoms with van der Waals surface area (Å²) in [6.45, 7) is 0. The summed E-state index contributed by atoms with van der Waals surface area (Å²) < 4.78 is 26.2. The molecule has 1 atom stereocenters. The van der Waals surface area contributed by atoms with Gasteiger partial charge in [-0.3, -0.25) is 9.00 Å². The summed E-state index contributed by atoms with van der Waals surface area (Å²) in [7, 11) is 0. The molecule has 72 valence electrons. The van der Waals surface area contributed by atoms with Crippen molar-refractivity contribution in [3.8, 4) is 0 Å². The second kappa shape index (κ2) is 3.36.